The van der Waals surface area contributed by atoms with Crippen LogP contribution < -0.4 is 10.6 Å². The molecule has 1 aliphatic heterocycles. The number of carbonyl (C=O) groups is 1. The molecular formula is C21H34N4O3. The van der Waals surface area contributed by atoms with Gasteiger partial charge in [-0.2, -0.15) is 0 Å². The minimum atomic E-state index is 0.241. The summed E-state index contributed by atoms with van der Waals surface area (Å²) in [6, 6.07) is 4.12. The molecule has 0 bridgehead atoms. The molecule has 1 saturated carbocycles. The van der Waals surface area contributed by atoms with Gasteiger partial charge < -0.3 is 24.7 Å². The highest BCUT2D eigenvalue weighted by Gasteiger charge is 2.31. The quantitative estimate of drug-likeness (QED) is 0.404. The standard InChI is InChI=1S/C21H34N4O3/c1-27-15-12-23-21(22-11-9-19-8-5-14-28-19)24-18-10-13-25(16-18)20(26)17-6-3-2-4-7-17/h5,8,14,17-18H,2-4,6-7,9-13,15-16H2,1H3,(H2,22,23,24). The first-order valence-electron chi connectivity index (χ1n) is 10.6. The summed E-state index contributed by atoms with van der Waals surface area (Å²) in [5, 5.41) is 6.87. The molecule has 7 heteroatoms. The number of nitrogens with zero attached hydrogens (tertiary/aromatic N) is 2. The number of amides is 1. The molecule has 2 aliphatic rings. The molecule has 1 unspecified atom stereocenters. The molecule has 1 aliphatic carbocycles. The lowest BCUT2D eigenvalue weighted by molar-refractivity contribution is -0.135. The number of furan rings is 1. The molecule has 7 nitrogen and oxygen atoms in total. The van der Waals surface area contributed by atoms with E-state index in [-0.39, 0.29) is 12.0 Å². The first-order valence-corrected chi connectivity index (χ1v) is 10.6. The Balaban J connectivity index is 1.47. The van der Waals surface area contributed by atoms with Crippen LogP contribution in [0.15, 0.2) is 27.8 Å². The molecule has 0 radical (unpaired) electrons. The molecule has 1 aromatic heterocycles. The fourth-order valence-electron chi connectivity index (χ4n) is 4.04. The lowest BCUT2D eigenvalue weighted by atomic mass is 9.88. The minimum absolute atomic E-state index is 0.241. The van der Waals surface area contributed by atoms with Crippen LogP contribution in [-0.2, 0) is 16.0 Å². The number of likely N-dealkylation sites (tertiary alicyclic amines) is 1. The zero-order valence-corrected chi connectivity index (χ0v) is 17.0. The monoisotopic (exact) mass is 390 g/mol. The van der Waals surface area contributed by atoms with Crippen molar-refractivity contribution in [3.05, 3.63) is 24.2 Å². The van der Waals surface area contributed by atoms with Gasteiger partial charge in [-0.05, 0) is 31.4 Å². The smallest absolute Gasteiger partial charge is 0.225 e. The van der Waals surface area contributed by atoms with Crippen LogP contribution in [0, 0.1) is 5.92 Å². The maximum Gasteiger partial charge on any atom is 0.225 e. The third kappa shape index (κ3) is 6.26. The summed E-state index contributed by atoms with van der Waals surface area (Å²) in [7, 11) is 1.68. The molecule has 1 aromatic rings. The van der Waals surface area contributed by atoms with E-state index in [2.05, 4.69) is 15.6 Å². The molecule has 1 atom stereocenters. The van der Waals surface area contributed by atoms with Crippen molar-refractivity contribution in [1.82, 2.24) is 15.5 Å². The molecule has 2 heterocycles. The number of aliphatic imine (C=N–C) groups is 1. The minimum Gasteiger partial charge on any atom is -0.469 e. The third-order valence-electron chi connectivity index (χ3n) is 5.60. The van der Waals surface area contributed by atoms with Crippen molar-refractivity contribution in [2.24, 2.45) is 10.9 Å². The van der Waals surface area contributed by atoms with Crippen LogP contribution in [0.25, 0.3) is 0 Å². The van der Waals surface area contributed by atoms with E-state index in [0.29, 0.717) is 19.1 Å². The van der Waals surface area contributed by atoms with Crippen molar-refractivity contribution in [3.8, 4) is 0 Å². The highest BCUT2D eigenvalue weighted by atomic mass is 16.5. The summed E-state index contributed by atoms with van der Waals surface area (Å²) >= 11 is 0. The van der Waals surface area contributed by atoms with Gasteiger partial charge in [0, 0.05) is 45.1 Å². The molecule has 0 aromatic carbocycles. The number of carbonyl (C=O) groups excluding carboxylic acids is 1. The normalized spacial score (nSPS) is 21.1. The SMILES string of the molecule is COCCN=C(NCCc1ccco1)NC1CCN(C(=O)C2CCCCC2)C1. The van der Waals surface area contributed by atoms with Gasteiger partial charge in [0.15, 0.2) is 5.96 Å². The molecule has 0 spiro atoms. The molecule has 2 N–H and O–H groups in total. The molecule has 156 valence electrons. The summed E-state index contributed by atoms with van der Waals surface area (Å²) < 4.78 is 10.5. The van der Waals surface area contributed by atoms with E-state index in [4.69, 9.17) is 9.15 Å². The Morgan fingerprint density at radius 3 is 2.93 bits per heavy atom. The second-order valence-corrected chi connectivity index (χ2v) is 7.73. The summed E-state index contributed by atoms with van der Waals surface area (Å²) in [4.78, 5) is 19.4. The summed E-state index contributed by atoms with van der Waals surface area (Å²) in [5.41, 5.74) is 0. The molecular weight excluding hydrogens is 356 g/mol. The van der Waals surface area contributed by atoms with E-state index in [1.807, 2.05) is 17.0 Å². The summed E-state index contributed by atoms with van der Waals surface area (Å²) in [6.07, 6.45) is 9.24. The van der Waals surface area contributed by atoms with Crippen LogP contribution in [0.2, 0.25) is 0 Å². The van der Waals surface area contributed by atoms with E-state index in [0.717, 1.165) is 57.0 Å². The number of methoxy groups -OCH3 is 1. The van der Waals surface area contributed by atoms with Crippen LogP contribution in [0.3, 0.4) is 0 Å². The van der Waals surface area contributed by atoms with Gasteiger partial charge in [0.2, 0.25) is 5.91 Å². The van der Waals surface area contributed by atoms with E-state index in [1.54, 1.807) is 13.4 Å². The van der Waals surface area contributed by atoms with Gasteiger partial charge in [0.25, 0.3) is 0 Å². The number of hydrogen-bond donors (Lipinski definition) is 2. The predicted molar refractivity (Wildman–Crippen MR) is 109 cm³/mol. The maximum absolute atomic E-state index is 12.8. The van der Waals surface area contributed by atoms with Gasteiger partial charge in [-0.1, -0.05) is 19.3 Å². The summed E-state index contributed by atoms with van der Waals surface area (Å²) in [5.74, 6) is 2.33. The first-order chi connectivity index (χ1) is 13.8. The second-order valence-electron chi connectivity index (χ2n) is 7.73. The van der Waals surface area contributed by atoms with Gasteiger partial charge in [-0.3, -0.25) is 9.79 Å². The number of guanidine groups is 1. The largest absolute Gasteiger partial charge is 0.469 e. The highest BCUT2D eigenvalue weighted by molar-refractivity contribution is 5.81. The zero-order valence-electron chi connectivity index (χ0n) is 17.0. The highest BCUT2D eigenvalue weighted by Crippen LogP contribution is 2.26. The average Bonchev–Trinajstić information content (AvgIpc) is 3.40. The zero-order chi connectivity index (χ0) is 19.6. The maximum atomic E-state index is 12.8. The molecule has 1 saturated heterocycles. The Morgan fingerprint density at radius 2 is 2.18 bits per heavy atom. The van der Waals surface area contributed by atoms with Gasteiger partial charge in [-0.15, -0.1) is 0 Å². The number of rotatable bonds is 8. The lowest BCUT2D eigenvalue weighted by Crippen LogP contribution is -2.46. The van der Waals surface area contributed by atoms with Gasteiger partial charge in [0.05, 0.1) is 19.4 Å². The molecule has 28 heavy (non-hydrogen) atoms. The van der Waals surface area contributed by atoms with Crippen molar-refractivity contribution >= 4 is 11.9 Å². The van der Waals surface area contributed by atoms with Crippen molar-refractivity contribution in [1.29, 1.82) is 0 Å². The van der Waals surface area contributed by atoms with Crippen molar-refractivity contribution in [2.75, 3.05) is 39.9 Å². The predicted octanol–water partition coefficient (Wildman–Crippen LogP) is 2.18. The molecule has 3 rings (SSSR count). The van der Waals surface area contributed by atoms with Crippen molar-refractivity contribution in [3.63, 3.8) is 0 Å². The van der Waals surface area contributed by atoms with Crippen molar-refractivity contribution in [2.45, 2.75) is 51.0 Å². The molecule has 1 amide bonds. The van der Waals surface area contributed by atoms with Crippen LogP contribution in [0.5, 0.6) is 0 Å². The van der Waals surface area contributed by atoms with Crippen LogP contribution >= 0.6 is 0 Å². The van der Waals surface area contributed by atoms with Gasteiger partial charge >= 0.3 is 0 Å². The number of nitrogens with one attached hydrogen (secondary N) is 2. The van der Waals surface area contributed by atoms with E-state index in [1.165, 1.54) is 19.3 Å². The fraction of sp³-hybridized carbons (Fsp3) is 0.714. The number of hydrogen-bond acceptors (Lipinski definition) is 4. The fourth-order valence-corrected chi connectivity index (χ4v) is 4.04. The Labute approximate surface area is 167 Å². The Morgan fingerprint density at radius 1 is 1.32 bits per heavy atom. The number of ether oxygens (including phenoxy) is 1. The lowest BCUT2D eigenvalue weighted by Gasteiger charge is -2.26. The topological polar surface area (TPSA) is 79.1 Å². The van der Waals surface area contributed by atoms with E-state index >= 15 is 0 Å². The Hall–Kier alpha value is -2.02. The summed E-state index contributed by atoms with van der Waals surface area (Å²) in [6.45, 7) is 3.53. The van der Waals surface area contributed by atoms with Crippen LogP contribution in [0.1, 0.15) is 44.3 Å². The van der Waals surface area contributed by atoms with Crippen LogP contribution in [0.4, 0.5) is 0 Å². The van der Waals surface area contributed by atoms with Crippen LogP contribution in [-0.4, -0.2) is 62.7 Å². The van der Waals surface area contributed by atoms with Gasteiger partial charge in [0.1, 0.15) is 5.76 Å². The van der Waals surface area contributed by atoms with Crippen molar-refractivity contribution < 1.29 is 13.9 Å². The van der Waals surface area contributed by atoms with E-state index in [9.17, 15) is 4.79 Å². The van der Waals surface area contributed by atoms with E-state index < -0.39 is 0 Å². The third-order valence-corrected chi connectivity index (χ3v) is 5.60. The first kappa shape index (κ1) is 20.7. The second kappa shape index (κ2) is 11.1. The molecule has 2 fully saturated rings. The Kier molecular flexibility index (Phi) is 8.21. The Bertz CT molecular complexity index is 611. The average molecular weight is 391 g/mol. The van der Waals surface area contributed by atoms with Gasteiger partial charge in [-0.25, -0.2) is 0 Å².